The van der Waals surface area contributed by atoms with Gasteiger partial charge in [-0.3, -0.25) is 10.1 Å². The second kappa shape index (κ2) is 5.82. The average molecular weight is 252 g/mol. The van der Waals surface area contributed by atoms with Crippen LogP contribution in [0.25, 0.3) is 0 Å². The first-order valence-corrected chi connectivity index (χ1v) is 6.00. The predicted octanol–water partition coefficient (Wildman–Crippen LogP) is 2.74. The third-order valence-electron chi connectivity index (χ3n) is 2.73. The highest BCUT2D eigenvalue weighted by molar-refractivity contribution is 5.64. The van der Waals surface area contributed by atoms with Crippen molar-refractivity contribution in [1.29, 1.82) is 0 Å². The molecule has 0 saturated carbocycles. The number of aliphatic hydroxyl groups is 1. The summed E-state index contributed by atoms with van der Waals surface area (Å²) >= 11 is 0. The van der Waals surface area contributed by atoms with Gasteiger partial charge in [0.15, 0.2) is 0 Å². The van der Waals surface area contributed by atoms with E-state index in [-0.39, 0.29) is 5.69 Å². The number of nitro benzene ring substituents is 1. The molecule has 1 atom stereocenters. The largest absolute Gasteiger partial charge is 0.389 e. The second-order valence-corrected chi connectivity index (χ2v) is 4.96. The number of benzene rings is 1. The van der Waals surface area contributed by atoms with E-state index in [0.717, 1.165) is 6.54 Å². The molecule has 1 aromatic carbocycles. The lowest BCUT2D eigenvalue weighted by molar-refractivity contribution is -0.384. The lowest BCUT2D eigenvalue weighted by atomic mass is 10.1. The molecule has 1 aromatic rings. The Kier molecular flexibility index (Phi) is 4.67. The molecule has 0 heterocycles. The van der Waals surface area contributed by atoms with Crippen LogP contribution in [0.15, 0.2) is 18.2 Å². The summed E-state index contributed by atoms with van der Waals surface area (Å²) in [7, 11) is 1.84. The monoisotopic (exact) mass is 252 g/mol. The summed E-state index contributed by atoms with van der Waals surface area (Å²) in [5.41, 5.74) is 1.18. The average Bonchev–Trinajstić information content (AvgIpc) is 2.26. The molecule has 0 fully saturated rings. The molecule has 0 spiro atoms. The molecule has 0 aliphatic carbocycles. The number of hydrogen-bond acceptors (Lipinski definition) is 4. The molecule has 100 valence electrons. The fourth-order valence-corrected chi connectivity index (χ4v) is 1.92. The van der Waals surface area contributed by atoms with Crippen LogP contribution < -0.4 is 4.90 Å². The lowest BCUT2D eigenvalue weighted by Crippen LogP contribution is -2.23. The molecule has 0 radical (unpaired) electrons. The van der Waals surface area contributed by atoms with Gasteiger partial charge in [0, 0.05) is 19.7 Å². The zero-order chi connectivity index (χ0) is 13.9. The van der Waals surface area contributed by atoms with E-state index in [2.05, 4.69) is 13.8 Å². The van der Waals surface area contributed by atoms with Gasteiger partial charge in [0.1, 0.15) is 5.69 Å². The van der Waals surface area contributed by atoms with Crippen molar-refractivity contribution >= 4 is 11.4 Å². The molecule has 0 aliphatic heterocycles. The third kappa shape index (κ3) is 3.43. The normalized spacial score (nSPS) is 12.6. The van der Waals surface area contributed by atoms with E-state index >= 15 is 0 Å². The molecular weight excluding hydrogens is 232 g/mol. The van der Waals surface area contributed by atoms with Gasteiger partial charge in [0.05, 0.1) is 11.0 Å². The van der Waals surface area contributed by atoms with E-state index in [1.165, 1.54) is 6.07 Å². The minimum Gasteiger partial charge on any atom is -0.389 e. The lowest BCUT2D eigenvalue weighted by Gasteiger charge is -2.21. The molecule has 1 N–H and O–H groups in total. The first-order chi connectivity index (χ1) is 8.32. The van der Waals surface area contributed by atoms with Crippen molar-refractivity contribution in [2.24, 2.45) is 5.92 Å². The van der Waals surface area contributed by atoms with Gasteiger partial charge in [-0.15, -0.1) is 0 Å². The molecule has 0 amide bonds. The van der Waals surface area contributed by atoms with Crippen LogP contribution in [0.4, 0.5) is 11.4 Å². The minimum atomic E-state index is -0.701. The molecule has 18 heavy (non-hydrogen) atoms. The van der Waals surface area contributed by atoms with Gasteiger partial charge in [-0.1, -0.05) is 19.9 Å². The van der Waals surface area contributed by atoms with Crippen LogP contribution in [0.5, 0.6) is 0 Å². The van der Waals surface area contributed by atoms with Crippen LogP contribution >= 0.6 is 0 Å². The molecule has 0 aliphatic rings. The van der Waals surface area contributed by atoms with Crippen molar-refractivity contribution in [3.8, 4) is 0 Å². The Balaban J connectivity index is 3.15. The Bertz CT molecular complexity index is 430. The molecule has 1 unspecified atom stereocenters. The summed E-state index contributed by atoms with van der Waals surface area (Å²) < 4.78 is 0. The fraction of sp³-hybridized carbons (Fsp3) is 0.538. The highest BCUT2D eigenvalue weighted by Crippen LogP contribution is 2.30. The molecule has 5 nitrogen and oxygen atoms in total. The SMILES string of the molecule is CC(C)CN(C)c1ccc(C(C)O)cc1[N+](=O)[O-]. The maximum atomic E-state index is 11.1. The Morgan fingerprint density at radius 3 is 2.44 bits per heavy atom. The van der Waals surface area contributed by atoms with Crippen LogP contribution in [0.2, 0.25) is 0 Å². The van der Waals surface area contributed by atoms with Gasteiger partial charge in [-0.05, 0) is 24.5 Å². The standard InChI is InChI=1S/C13H20N2O3/c1-9(2)8-14(4)12-6-5-11(10(3)16)7-13(12)15(17)18/h5-7,9-10,16H,8H2,1-4H3. The Labute approximate surface area is 107 Å². The number of rotatable bonds is 5. The molecule has 5 heteroatoms. The Morgan fingerprint density at radius 1 is 1.39 bits per heavy atom. The van der Waals surface area contributed by atoms with Gasteiger partial charge in [-0.25, -0.2) is 0 Å². The quantitative estimate of drug-likeness (QED) is 0.646. The van der Waals surface area contributed by atoms with Gasteiger partial charge >= 0.3 is 0 Å². The Hall–Kier alpha value is -1.62. The highest BCUT2D eigenvalue weighted by atomic mass is 16.6. The first kappa shape index (κ1) is 14.4. The van der Waals surface area contributed by atoms with E-state index in [4.69, 9.17) is 0 Å². The van der Waals surface area contributed by atoms with Crippen molar-refractivity contribution in [3.05, 3.63) is 33.9 Å². The smallest absolute Gasteiger partial charge is 0.292 e. The molecule has 0 aromatic heterocycles. The van der Waals surface area contributed by atoms with Crippen LogP contribution in [-0.4, -0.2) is 23.6 Å². The number of anilines is 1. The third-order valence-corrected chi connectivity index (χ3v) is 2.73. The van der Waals surface area contributed by atoms with Gasteiger partial charge in [0.25, 0.3) is 5.69 Å². The van der Waals surface area contributed by atoms with E-state index in [1.807, 2.05) is 11.9 Å². The maximum absolute atomic E-state index is 11.1. The summed E-state index contributed by atoms with van der Waals surface area (Å²) in [6, 6.07) is 4.86. The Morgan fingerprint density at radius 2 is 2.00 bits per heavy atom. The van der Waals surface area contributed by atoms with Gasteiger partial charge < -0.3 is 10.0 Å². The van der Waals surface area contributed by atoms with Crippen molar-refractivity contribution in [2.45, 2.75) is 26.9 Å². The predicted molar refractivity (Wildman–Crippen MR) is 71.8 cm³/mol. The van der Waals surface area contributed by atoms with Crippen LogP contribution in [0.3, 0.4) is 0 Å². The molecule has 1 rings (SSSR count). The topological polar surface area (TPSA) is 66.6 Å². The maximum Gasteiger partial charge on any atom is 0.292 e. The minimum absolute atomic E-state index is 0.0385. The van der Waals surface area contributed by atoms with Crippen molar-refractivity contribution in [1.82, 2.24) is 0 Å². The van der Waals surface area contributed by atoms with Crippen molar-refractivity contribution in [2.75, 3.05) is 18.5 Å². The van der Waals surface area contributed by atoms with Crippen molar-refractivity contribution < 1.29 is 10.0 Å². The summed E-state index contributed by atoms with van der Waals surface area (Å²) in [6.07, 6.45) is -0.701. The molecule has 0 bridgehead atoms. The van der Waals surface area contributed by atoms with E-state index < -0.39 is 11.0 Å². The summed E-state index contributed by atoms with van der Waals surface area (Å²) in [6.45, 7) is 6.46. The number of aliphatic hydroxyl groups excluding tert-OH is 1. The van der Waals surface area contributed by atoms with E-state index in [0.29, 0.717) is 17.2 Å². The summed E-state index contributed by atoms with van der Waals surface area (Å²) in [5.74, 6) is 0.422. The zero-order valence-corrected chi connectivity index (χ0v) is 11.3. The number of hydrogen-bond donors (Lipinski definition) is 1. The fourth-order valence-electron chi connectivity index (χ4n) is 1.92. The van der Waals surface area contributed by atoms with Crippen molar-refractivity contribution in [3.63, 3.8) is 0 Å². The first-order valence-electron chi connectivity index (χ1n) is 6.00. The molecule has 0 saturated heterocycles. The van der Waals surface area contributed by atoms with E-state index in [1.54, 1.807) is 19.1 Å². The number of nitrogens with zero attached hydrogens (tertiary/aromatic N) is 2. The summed E-state index contributed by atoms with van der Waals surface area (Å²) in [4.78, 5) is 12.5. The highest BCUT2D eigenvalue weighted by Gasteiger charge is 2.19. The van der Waals surface area contributed by atoms with Crippen LogP contribution in [-0.2, 0) is 0 Å². The van der Waals surface area contributed by atoms with Gasteiger partial charge in [-0.2, -0.15) is 0 Å². The second-order valence-electron chi connectivity index (χ2n) is 4.96. The van der Waals surface area contributed by atoms with Gasteiger partial charge in [0.2, 0.25) is 0 Å². The van der Waals surface area contributed by atoms with Crippen LogP contribution in [0.1, 0.15) is 32.4 Å². The zero-order valence-electron chi connectivity index (χ0n) is 11.3. The molecular formula is C13H20N2O3. The summed E-state index contributed by atoms with van der Waals surface area (Å²) in [5, 5.41) is 20.6. The van der Waals surface area contributed by atoms with E-state index in [9.17, 15) is 15.2 Å². The van der Waals surface area contributed by atoms with Crippen LogP contribution in [0, 0.1) is 16.0 Å². The number of nitro groups is 1.